The zero-order chi connectivity index (χ0) is 15.7. The van der Waals surface area contributed by atoms with Crippen LogP contribution in [0.3, 0.4) is 0 Å². The molecule has 1 aliphatic rings. The standard InChI is InChI=1S/C17H21FN2OS/c1-17(2,21)15-4-3-9-20(15)10-14-11-22-16(19-14)12-5-7-13(18)8-6-12/h5-8,11,15,21H,3-4,9-10H2,1-2H3. The van der Waals surface area contributed by atoms with Crippen molar-refractivity contribution in [2.75, 3.05) is 6.54 Å². The molecule has 0 bridgehead atoms. The smallest absolute Gasteiger partial charge is 0.123 e. The van der Waals surface area contributed by atoms with E-state index in [0.29, 0.717) is 0 Å². The van der Waals surface area contributed by atoms with E-state index in [2.05, 4.69) is 15.3 Å². The maximum Gasteiger partial charge on any atom is 0.123 e. The number of nitrogens with zero attached hydrogens (tertiary/aromatic N) is 2. The summed E-state index contributed by atoms with van der Waals surface area (Å²) in [5, 5.41) is 13.2. The first-order valence-electron chi connectivity index (χ1n) is 7.60. The van der Waals surface area contributed by atoms with Crippen molar-refractivity contribution in [2.45, 2.75) is 44.9 Å². The molecule has 1 aliphatic heterocycles. The molecule has 0 amide bonds. The van der Waals surface area contributed by atoms with Gasteiger partial charge in [-0.3, -0.25) is 4.90 Å². The van der Waals surface area contributed by atoms with Crippen LogP contribution in [0.2, 0.25) is 0 Å². The van der Waals surface area contributed by atoms with Gasteiger partial charge in [-0.05, 0) is 57.5 Å². The van der Waals surface area contributed by atoms with Gasteiger partial charge in [0.15, 0.2) is 0 Å². The zero-order valence-corrected chi connectivity index (χ0v) is 13.7. The van der Waals surface area contributed by atoms with Gasteiger partial charge in [-0.2, -0.15) is 0 Å². The van der Waals surface area contributed by atoms with Gasteiger partial charge in [0.2, 0.25) is 0 Å². The topological polar surface area (TPSA) is 36.4 Å². The monoisotopic (exact) mass is 320 g/mol. The number of aromatic nitrogens is 1. The molecule has 22 heavy (non-hydrogen) atoms. The first kappa shape index (κ1) is 15.6. The fourth-order valence-corrected chi connectivity index (χ4v) is 3.95. The summed E-state index contributed by atoms with van der Waals surface area (Å²) in [7, 11) is 0. The van der Waals surface area contributed by atoms with E-state index in [0.717, 1.165) is 42.2 Å². The quantitative estimate of drug-likeness (QED) is 0.933. The number of aliphatic hydroxyl groups is 1. The Kier molecular flexibility index (Phi) is 4.30. The molecule has 1 saturated heterocycles. The van der Waals surface area contributed by atoms with E-state index < -0.39 is 5.60 Å². The highest BCUT2D eigenvalue weighted by molar-refractivity contribution is 7.13. The number of hydrogen-bond donors (Lipinski definition) is 1. The highest BCUT2D eigenvalue weighted by Gasteiger charge is 2.35. The Morgan fingerprint density at radius 1 is 1.36 bits per heavy atom. The summed E-state index contributed by atoms with van der Waals surface area (Å²) in [6, 6.07) is 6.62. The van der Waals surface area contributed by atoms with E-state index in [1.807, 2.05) is 13.8 Å². The molecule has 118 valence electrons. The Balaban J connectivity index is 1.73. The van der Waals surface area contributed by atoms with Crippen LogP contribution in [-0.4, -0.2) is 33.2 Å². The molecule has 0 spiro atoms. The van der Waals surface area contributed by atoms with E-state index in [9.17, 15) is 9.50 Å². The molecule has 5 heteroatoms. The lowest BCUT2D eigenvalue weighted by Crippen LogP contribution is -2.45. The van der Waals surface area contributed by atoms with Crippen LogP contribution in [0.25, 0.3) is 10.6 Å². The molecule has 1 N–H and O–H groups in total. The van der Waals surface area contributed by atoms with E-state index in [1.54, 1.807) is 23.5 Å². The third-order valence-corrected chi connectivity index (χ3v) is 5.13. The average molecular weight is 320 g/mol. The SMILES string of the molecule is CC(C)(O)C1CCCN1Cc1csc(-c2ccc(F)cc2)n1. The Hall–Kier alpha value is -1.30. The van der Waals surface area contributed by atoms with Gasteiger partial charge in [0.1, 0.15) is 10.8 Å². The van der Waals surface area contributed by atoms with E-state index >= 15 is 0 Å². The van der Waals surface area contributed by atoms with Crippen LogP contribution < -0.4 is 0 Å². The van der Waals surface area contributed by atoms with E-state index in [4.69, 9.17) is 0 Å². The Morgan fingerprint density at radius 3 is 2.77 bits per heavy atom. The average Bonchev–Trinajstić information content (AvgIpc) is 3.09. The molecule has 1 fully saturated rings. The number of hydrogen-bond acceptors (Lipinski definition) is 4. The second-order valence-corrected chi connectivity index (χ2v) is 7.29. The Bertz CT molecular complexity index is 633. The molecule has 2 heterocycles. The number of benzene rings is 1. The van der Waals surface area contributed by atoms with Crippen molar-refractivity contribution in [1.29, 1.82) is 0 Å². The van der Waals surface area contributed by atoms with Gasteiger partial charge in [-0.1, -0.05) is 0 Å². The molecule has 3 rings (SSSR count). The molecular weight excluding hydrogens is 299 g/mol. The number of rotatable bonds is 4. The molecule has 3 nitrogen and oxygen atoms in total. The van der Waals surface area contributed by atoms with Crippen LogP contribution in [0.4, 0.5) is 4.39 Å². The summed E-state index contributed by atoms with van der Waals surface area (Å²) in [6.07, 6.45) is 2.14. The second-order valence-electron chi connectivity index (χ2n) is 6.43. The van der Waals surface area contributed by atoms with Crippen molar-refractivity contribution in [3.63, 3.8) is 0 Å². The van der Waals surface area contributed by atoms with Crippen LogP contribution in [0.5, 0.6) is 0 Å². The van der Waals surface area contributed by atoms with Gasteiger partial charge in [-0.15, -0.1) is 11.3 Å². The van der Waals surface area contributed by atoms with Crippen molar-refractivity contribution in [3.05, 3.63) is 41.2 Å². The molecule has 0 saturated carbocycles. The molecule has 1 aromatic heterocycles. The van der Waals surface area contributed by atoms with Crippen molar-refractivity contribution in [2.24, 2.45) is 0 Å². The zero-order valence-electron chi connectivity index (χ0n) is 12.9. The lowest BCUT2D eigenvalue weighted by Gasteiger charge is -2.33. The molecule has 0 aliphatic carbocycles. The fraction of sp³-hybridized carbons (Fsp3) is 0.471. The third-order valence-electron chi connectivity index (χ3n) is 4.19. The molecule has 0 radical (unpaired) electrons. The molecule has 1 unspecified atom stereocenters. The van der Waals surface area contributed by atoms with Crippen LogP contribution in [0, 0.1) is 5.82 Å². The van der Waals surface area contributed by atoms with Gasteiger partial charge in [0.25, 0.3) is 0 Å². The predicted octanol–water partition coefficient (Wildman–Crippen LogP) is 3.68. The van der Waals surface area contributed by atoms with Crippen LogP contribution in [-0.2, 0) is 6.54 Å². The van der Waals surface area contributed by atoms with Crippen molar-refractivity contribution < 1.29 is 9.50 Å². The maximum absolute atomic E-state index is 13.0. The first-order valence-corrected chi connectivity index (χ1v) is 8.48. The molecule has 1 atom stereocenters. The van der Waals surface area contributed by atoms with Gasteiger partial charge in [0.05, 0.1) is 11.3 Å². The highest BCUT2D eigenvalue weighted by Crippen LogP contribution is 2.30. The van der Waals surface area contributed by atoms with Gasteiger partial charge in [-0.25, -0.2) is 9.37 Å². The summed E-state index contributed by atoms with van der Waals surface area (Å²) < 4.78 is 13.0. The summed E-state index contributed by atoms with van der Waals surface area (Å²) in [5.41, 5.74) is 1.27. The predicted molar refractivity (Wildman–Crippen MR) is 87.2 cm³/mol. The Morgan fingerprint density at radius 2 is 2.09 bits per heavy atom. The molecule has 1 aromatic carbocycles. The highest BCUT2D eigenvalue weighted by atomic mass is 32.1. The third kappa shape index (κ3) is 3.37. The normalized spacial score (nSPS) is 19.7. The largest absolute Gasteiger partial charge is 0.389 e. The van der Waals surface area contributed by atoms with E-state index in [-0.39, 0.29) is 11.9 Å². The van der Waals surface area contributed by atoms with Gasteiger partial charge < -0.3 is 5.11 Å². The minimum atomic E-state index is -0.688. The minimum absolute atomic E-state index is 0.184. The summed E-state index contributed by atoms with van der Waals surface area (Å²) in [6.45, 7) is 5.51. The lowest BCUT2D eigenvalue weighted by molar-refractivity contribution is -0.00530. The van der Waals surface area contributed by atoms with Crippen LogP contribution in [0.15, 0.2) is 29.6 Å². The molecule has 2 aromatic rings. The Labute approximate surface area is 134 Å². The number of halogens is 1. The van der Waals surface area contributed by atoms with Crippen LogP contribution >= 0.6 is 11.3 Å². The number of thiazole rings is 1. The van der Waals surface area contributed by atoms with Gasteiger partial charge in [0, 0.05) is 23.5 Å². The summed E-state index contributed by atoms with van der Waals surface area (Å²) in [5.74, 6) is -0.231. The van der Waals surface area contributed by atoms with Gasteiger partial charge >= 0.3 is 0 Å². The fourth-order valence-electron chi connectivity index (χ4n) is 3.13. The maximum atomic E-state index is 13.0. The summed E-state index contributed by atoms with van der Waals surface area (Å²) >= 11 is 1.58. The van der Waals surface area contributed by atoms with E-state index in [1.165, 1.54) is 12.1 Å². The van der Waals surface area contributed by atoms with Crippen molar-refractivity contribution in [3.8, 4) is 10.6 Å². The van der Waals surface area contributed by atoms with Crippen LogP contribution in [0.1, 0.15) is 32.4 Å². The van der Waals surface area contributed by atoms with Crippen molar-refractivity contribution in [1.82, 2.24) is 9.88 Å². The second kappa shape index (κ2) is 6.07. The molecular formula is C17H21FN2OS. The minimum Gasteiger partial charge on any atom is -0.389 e. The number of likely N-dealkylation sites (tertiary alicyclic amines) is 1. The first-order chi connectivity index (χ1) is 10.4. The summed E-state index contributed by atoms with van der Waals surface area (Å²) in [4.78, 5) is 6.97. The lowest BCUT2D eigenvalue weighted by atomic mass is 9.96. The van der Waals surface area contributed by atoms with Crippen molar-refractivity contribution >= 4 is 11.3 Å².